The molecule has 12 rings (SSSR count). The molecular formula is C58H38N2O. The lowest BCUT2D eigenvalue weighted by atomic mass is 10.00. The molecule has 10 aromatic carbocycles. The maximum absolute atomic E-state index is 9.78. The first-order chi connectivity index (χ1) is 35.7. The third-order valence-corrected chi connectivity index (χ3v) is 11.2. The van der Waals surface area contributed by atoms with Crippen molar-refractivity contribution in [3.8, 4) is 39.1 Å². The molecule has 0 bridgehead atoms. The molecule has 0 N–H and O–H groups in total. The van der Waals surface area contributed by atoms with Crippen molar-refractivity contribution in [3.05, 3.63) is 230 Å². The zero-order valence-corrected chi connectivity index (χ0v) is 32.2. The Hall–Kier alpha value is -8.14. The number of anilines is 3. The molecule has 0 radical (unpaired) electrons. The summed E-state index contributed by atoms with van der Waals surface area (Å²) in [5.41, 5.74) is 6.00. The Morgan fingerprint density at radius 3 is 1.85 bits per heavy atom. The minimum absolute atomic E-state index is 0.128. The molecule has 0 fully saturated rings. The maximum atomic E-state index is 9.78. The Labute approximate surface area is 371 Å². The summed E-state index contributed by atoms with van der Waals surface area (Å²) in [6.45, 7) is 0. The van der Waals surface area contributed by atoms with E-state index in [1.54, 1.807) is 4.90 Å². The van der Waals surface area contributed by atoms with E-state index in [9.17, 15) is 6.85 Å². The lowest BCUT2D eigenvalue weighted by molar-refractivity contribution is 0.674. The van der Waals surface area contributed by atoms with Gasteiger partial charge in [0.15, 0.2) is 0 Å². The summed E-state index contributed by atoms with van der Waals surface area (Å²) < 4.78 is 127. The number of furan rings is 1. The second kappa shape index (κ2) is 14.3. The number of para-hydroxylation sites is 4. The topological polar surface area (TPSA) is 21.3 Å². The van der Waals surface area contributed by atoms with E-state index in [1.165, 1.54) is 0 Å². The SMILES string of the molecule is [2H]c1c([2H])c(N(c2ccc(-c3ccccc3-n3c4ccccc4c4ccccc43)cc2)c2cccc(-c3ccccc3)c2)c([2H])c([2H])c1-c1c([2H])c([2H])c([2H])c2c1oc1c3c([2H])c([2H])c([2H])c([2H])c3c([2H])c([2H])c12. The molecule has 2 aromatic heterocycles. The van der Waals surface area contributed by atoms with Gasteiger partial charge in [-0.25, -0.2) is 0 Å². The van der Waals surface area contributed by atoms with Crippen LogP contribution in [0.25, 0.3) is 93.6 Å². The van der Waals surface area contributed by atoms with Gasteiger partial charge in [0.05, 0.1) is 34.5 Å². The van der Waals surface area contributed by atoms with Crippen molar-refractivity contribution < 1.29 is 22.2 Å². The van der Waals surface area contributed by atoms with Gasteiger partial charge in [0, 0.05) is 55.1 Å². The van der Waals surface area contributed by atoms with Gasteiger partial charge < -0.3 is 13.9 Å². The number of aromatic nitrogens is 1. The van der Waals surface area contributed by atoms with Crippen molar-refractivity contribution in [1.82, 2.24) is 4.57 Å². The smallest absolute Gasteiger partial charge is 0.143 e. The molecule has 61 heavy (non-hydrogen) atoms. The number of hydrogen-bond acceptors (Lipinski definition) is 2. The largest absolute Gasteiger partial charge is 0.455 e. The molecule has 0 aliphatic carbocycles. The highest BCUT2D eigenvalue weighted by molar-refractivity contribution is 6.17. The van der Waals surface area contributed by atoms with Crippen LogP contribution in [0, 0.1) is 0 Å². The van der Waals surface area contributed by atoms with Gasteiger partial charge in [0.1, 0.15) is 11.2 Å². The van der Waals surface area contributed by atoms with Crippen LogP contribution in [-0.2, 0) is 0 Å². The predicted octanol–water partition coefficient (Wildman–Crippen LogP) is 16.3. The van der Waals surface area contributed by atoms with Crippen molar-refractivity contribution in [2.45, 2.75) is 0 Å². The predicted molar refractivity (Wildman–Crippen MR) is 257 cm³/mol. The van der Waals surface area contributed by atoms with Crippen LogP contribution >= 0.6 is 0 Å². The minimum atomic E-state index is -0.684. The maximum Gasteiger partial charge on any atom is 0.143 e. The minimum Gasteiger partial charge on any atom is -0.455 e. The molecule has 3 heteroatoms. The van der Waals surface area contributed by atoms with Crippen LogP contribution in [0.2, 0.25) is 0 Å². The van der Waals surface area contributed by atoms with Gasteiger partial charge in [-0.2, -0.15) is 0 Å². The second-order valence-corrected chi connectivity index (χ2v) is 14.7. The first-order valence-corrected chi connectivity index (χ1v) is 19.8. The van der Waals surface area contributed by atoms with Crippen molar-refractivity contribution in [3.63, 3.8) is 0 Å². The van der Waals surface area contributed by atoms with E-state index in [4.69, 9.17) is 15.4 Å². The highest BCUT2D eigenvalue weighted by Gasteiger charge is 2.19. The van der Waals surface area contributed by atoms with Gasteiger partial charge in [0.25, 0.3) is 0 Å². The summed E-state index contributed by atoms with van der Waals surface area (Å²) in [6.07, 6.45) is 0. The molecule has 0 aliphatic heterocycles. The number of hydrogen-bond donors (Lipinski definition) is 0. The summed E-state index contributed by atoms with van der Waals surface area (Å²) in [5, 5.41) is 1.22. The Morgan fingerprint density at radius 1 is 0.377 bits per heavy atom. The van der Waals surface area contributed by atoms with E-state index in [0.717, 1.165) is 49.7 Å². The lowest BCUT2D eigenvalue weighted by Gasteiger charge is -2.26. The summed E-state index contributed by atoms with van der Waals surface area (Å²) in [6, 6.07) is 41.8. The van der Waals surface area contributed by atoms with E-state index in [1.807, 2.05) is 115 Å². The fourth-order valence-electron chi connectivity index (χ4n) is 8.40. The van der Waals surface area contributed by atoms with Gasteiger partial charge in [-0.1, -0.05) is 170 Å². The summed E-state index contributed by atoms with van der Waals surface area (Å²) in [7, 11) is 0. The molecule has 286 valence electrons. The summed E-state index contributed by atoms with van der Waals surface area (Å²) in [4.78, 5) is 1.66. The number of fused-ring (bicyclic) bond motifs is 8. The van der Waals surface area contributed by atoms with Gasteiger partial charge in [-0.3, -0.25) is 0 Å². The highest BCUT2D eigenvalue weighted by Crippen LogP contribution is 2.42. The number of benzene rings is 10. The Morgan fingerprint density at radius 2 is 1.05 bits per heavy atom. The monoisotopic (exact) mass is 791 g/mol. The van der Waals surface area contributed by atoms with Crippen LogP contribution < -0.4 is 4.90 Å². The van der Waals surface area contributed by atoms with Crippen LogP contribution in [0.4, 0.5) is 17.1 Å². The molecule has 0 unspecified atom stereocenters. The molecule has 3 nitrogen and oxygen atoms in total. The van der Waals surface area contributed by atoms with E-state index in [2.05, 4.69) is 41.0 Å². The number of nitrogens with zero attached hydrogens (tertiary/aromatic N) is 2. The lowest BCUT2D eigenvalue weighted by Crippen LogP contribution is -2.10. The molecule has 12 aromatic rings. The Balaban J connectivity index is 1.07. The third-order valence-electron chi connectivity index (χ3n) is 11.2. The van der Waals surface area contributed by atoms with Crippen LogP contribution in [-0.4, -0.2) is 4.57 Å². The van der Waals surface area contributed by atoms with E-state index < -0.39 is 84.1 Å². The van der Waals surface area contributed by atoms with Crippen LogP contribution in [0.1, 0.15) is 17.8 Å². The van der Waals surface area contributed by atoms with Crippen molar-refractivity contribution in [2.75, 3.05) is 4.90 Å². The van der Waals surface area contributed by atoms with Gasteiger partial charge in [-0.15, -0.1) is 0 Å². The standard InChI is InChI=1S/C58H38N2O/c1-2-14-39(15-3-1)43-17-12-18-46(38-43)59(45-35-30-42(31-36-45)49-23-13-24-52-53-37-32-40-16-4-5-20-48(40)58(53)61-57(49)52)44-33-28-41(29-34-44)47-19-6-9-25-54(47)60-55-26-10-7-21-50(55)51-22-8-11-27-56(51)60/h1-38H/i4D,5D,13D,16D,20D,23D,24D,30D,31D,32D,35D,36D,37D. The Kier molecular flexibility index (Phi) is 5.64. The molecular weight excluding hydrogens is 741 g/mol. The molecule has 0 spiro atoms. The first kappa shape index (κ1) is 24.1. The third kappa shape index (κ3) is 5.82. The first-order valence-electron chi connectivity index (χ1n) is 26.3. The van der Waals surface area contributed by atoms with Crippen LogP contribution in [0.15, 0.2) is 235 Å². The average molecular weight is 792 g/mol. The van der Waals surface area contributed by atoms with Crippen molar-refractivity contribution in [1.29, 1.82) is 0 Å². The fraction of sp³-hybridized carbons (Fsp3) is 0. The normalized spacial score (nSPS) is 14.6. The zero-order chi connectivity index (χ0) is 51.6. The fourth-order valence-corrected chi connectivity index (χ4v) is 8.40. The Bertz CT molecular complexity index is 4280. The van der Waals surface area contributed by atoms with E-state index >= 15 is 0 Å². The van der Waals surface area contributed by atoms with Gasteiger partial charge in [0.2, 0.25) is 0 Å². The summed E-state index contributed by atoms with van der Waals surface area (Å²) >= 11 is 0. The number of rotatable bonds is 7. The van der Waals surface area contributed by atoms with E-state index in [0.29, 0.717) is 11.4 Å². The van der Waals surface area contributed by atoms with Gasteiger partial charge >= 0.3 is 0 Å². The molecule has 0 aliphatic rings. The van der Waals surface area contributed by atoms with Gasteiger partial charge in [-0.05, 0) is 88.2 Å². The molecule has 0 amide bonds. The van der Waals surface area contributed by atoms with Crippen LogP contribution in [0.3, 0.4) is 0 Å². The molecule has 0 saturated carbocycles. The zero-order valence-electron chi connectivity index (χ0n) is 45.2. The molecule has 0 saturated heterocycles. The van der Waals surface area contributed by atoms with Crippen molar-refractivity contribution in [2.24, 2.45) is 0 Å². The summed E-state index contributed by atoms with van der Waals surface area (Å²) in [5.74, 6) is 0. The second-order valence-electron chi connectivity index (χ2n) is 14.7. The van der Waals surface area contributed by atoms with E-state index in [-0.39, 0.29) is 44.0 Å². The average Bonchev–Trinajstić information content (AvgIpc) is 3.99. The molecule has 0 atom stereocenters. The quantitative estimate of drug-likeness (QED) is 0.160. The molecule has 2 heterocycles. The van der Waals surface area contributed by atoms with Crippen LogP contribution in [0.5, 0.6) is 0 Å². The highest BCUT2D eigenvalue weighted by atomic mass is 16.3. The van der Waals surface area contributed by atoms with Crippen molar-refractivity contribution >= 4 is 71.6 Å².